The van der Waals surface area contributed by atoms with Crippen molar-refractivity contribution < 1.29 is 22.7 Å². The first-order valence-corrected chi connectivity index (χ1v) is 10.2. The van der Waals surface area contributed by atoms with Gasteiger partial charge in [0, 0.05) is 10.9 Å². The monoisotopic (exact) mass is 387 g/mol. The number of carbonyl (C=O) groups excluding carboxylic acids is 1. The molecule has 0 aliphatic heterocycles. The Balaban J connectivity index is 2.03. The van der Waals surface area contributed by atoms with Gasteiger partial charge >= 0.3 is 0 Å². The third kappa shape index (κ3) is 3.30. The molecule has 0 bridgehead atoms. The smallest absolute Gasteiger partial charge is 0.291 e. The van der Waals surface area contributed by atoms with Gasteiger partial charge in [0.1, 0.15) is 11.3 Å². The van der Waals surface area contributed by atoms with Gasteiger partial charge in [0.2, 0.25) is 0 Å². The van der Waals surface area contributed by atoms with E-state index in [-0.39, 0.29) is 27.8 Å². The number of furan rings is 1. The molecular weight excluding hydrogens is 366 g/mol. The summed E-state index contributed by atoms with van der Waals surface area (Å²) in [6, 6.07) is 7.70. The van der Waals surface area contributed by atoms with Crippen molar-refractivity contribution in [2.45, 2.75) is 32.6 Å². The van der Waals surface area contributed by atoms with E-state index in [1.165, 1.54) is 25.1 Å². The zero-order chi connectivity index (χ0) is 19.9. The number of phenolic OH excluding ortho intramolecular Hbond substituents is 1. The second kappa shape index (κ2) is 6.74. The molecule has 3 aromatic rings. The van der Waals surface area contributed by atoms with Crippen molar-refractivity contribution in [3.8, 4) is 5.75 Å². The first-order chi connectivity index (χ1) is 12.7. The molecule has 1 aromatic heterocycles. The molecule has 2 aromatic carbocycles. The number of amides is 1. The van der Waals surface area contributed by atoms with E-state index < -0.39 is 15.7 Å². The van der Waals surface area contributed by atoms with Crippen molar-refractivity contribution in [3.63, 3.8) is 0 Å². The van der Waals surface area contributed by atoms with E-state index in [2.05, 4.69) is 5.32 Å². The zero-order valence-corrected chi connectivity index (χ0v) is 16.4. The molecular formula is C20H21NO5S. The number of hydrogen-bond acceptors (Lipinski definition) is 5. The van der Waals surface area contributed by atoms with E-state index in [4.69, 9.17) is 4.42 Å². The van der Waals surface area contributed by atoms with Gasteiger partial charge < -0.3 is 14.8 Å². The minimum Gasteiger partial charge on any atom is -0.506 e. The molecule has 6 nitrogen and oxygen atoms in total. The van der Waals surface area contributed by atoms with Crippen LogP contribution in [0.2, 0.25) is 0 Å². The lowest BCUT2D eigenvalue weighted by molar-refractivity contribution is 0.0997. The summed E-state index contributed by atoms with van der Waals surface area (Å²) in [5.41, 5.74) is 3.26. The number of sulfone groups is 1. The lowest BCUT2D eigenvalue weighted by atomic mass is 10.0. The van der Waals surface area contributed by atoms with E-state index in [1.807, 2.05) is 26.0 Å². The Kier molecular flexibility index (Phi) is 4.73. The standard InChI is InChI=1S/C20H21NO5S/c1-5-27(24,25)14-8-9-16(22)15(10-14)21-20(23)19-13(4)17-11(2)6-7-12(3)18(17)26-19/h6-10,22H,5H2,1-4H3,(H,21,23). The van der Waals surface area contributed by atoms with Crippen molar-refractivity contribution in [1.29, 1.82) is 0 Å². The van der Waals surface area contributed by atoms with Crippen LogP contribution in [0.25, 0.3) is 11.0 Å². The molecule has 1 heterocycles. The van der Waals surface area contributed by atoms with Crippen LogP contribution in [-0.4, -0.2) is 25.2 Å². The summed E-state index contributed by atoms with van der Waals surface area (Å²) in [7, 11) is -3.46. The fourth-order valence-electron chi connectivity index (χ4n) is 3.05. The number of aryl methyl sites for hydroxylation is 3. The van der Waals surface area contributed by atoms with Crippen molar-refractivity contribution in [1.82, 2.24) is 0 Å². The minimum atomic E-state index is -3.46. The molecule has 142 valence electrons. The van der Waals surface area contributed by atoms with E-state index in [9.17, 15) is 18.3 Å². The predicted molar refractivity (Wildman–Crippen MR) is 104 cm³/mol. The third-order valence-corrected chi connectivity index (χ3v) is 6.38. The second-order valence-corrected chi connectivity index (χ2v) is 8.77. The van der Waals surface area contributed by atoms with Gasteiger partial charge in [-0.25, -0.2) is 8.42 Å². The molecule has 0 unspecified atom stereocenters. The summed E-state index contributed by atoms with van der Waals surface area (Å²) in [4.78, 5) is 12.8. The summed E-state index contributed by atoms with van der Waals surface area (Å²) in [5, 5.41) is 13.5. The summed E-state index contributed by atoms with van der Waals surface area (Å²) in [5.74, 6) is -0.721. The average molecular weight is 387 g/mol. The highest BCUT2D eigenvalue weighted by Crippen LogP contribution is 2.32. The molecule has 1 amide bonds. The number of fused-ring (bicyclic) bond motifs is 1. The summed E-state index contributed by atoms with van der Waals surface area (Å²) in [6.45, 7) is 7.17. The highest BCUT2D eigenvalue weighted by atomic mass is 32.2. The highest BCUT2D eigenvalue weighted by Gasteiger charge is 2.22. The van der Waals surface area contributed by atoms with Gasteiger partial charge in [0.25, 0.3) is 5.91 Å². The van der Waals surface area contributed by atoms with Crippen LogP contribution in [0, 0.1) is 20.8 Å². The number of carbonyl (C=O) groups is 1. The first kappa shape index (κ1) is 19.0. The van der Waals surface area contributed by atoms with Gasteiger partial charge in [0.15, 0.2) is 15.6 Å². The van der Waals surface area contributed by atoms with Crippen molar-refractivity contribution in [2.75, 3.05) is 11.1 Å². The molecule has 0 atom stereocenters. The van der Waals surface area contributed by atoms with Gasteiger partial charge in [-0.2, -0.15) is 0 Å². The molecule has 0 spiro atoms. The molecule has 0 radical (unpaired) electrons. The predicted octanol–water partition coefficient (Wildman–Crippen LogP) is 4.11. The van der Waals surface area contributed by atoms with Crippen molar-refractivity contribution in [3.05, 3.63) is 52.8 Å². The van der Waals surface area contributed by atoms with E-state index >= 15 is 0 Å². The van der Waals surface area contributed by atoms with Gasteiger partial charge in [0.05, 0.1) is 16.3 Å². The van der Waals surface area contributed by atoms with E-state index in [1.54, 1.807) is 6.92 Å². The Bertz CT molecular complexity index is 1160. The number of phenols is 1. The fourth-order valence-corrected chi connectivity index (χ4v) is 3.95. The van der Waals surface area contributed by atoms with Gasteiger partial charge in [-0.05, 0) is 50.1 Å². The van der Waals surface area contributed by atoms with E-state index in [0.29, 0.717) is 11.1 Å². The zero-order valence-electron chi connectivity index (χ0n) is 15.6. The maximum absolute atomic E-state index is 12.7. The quantitative estimate of drug-likeness (QED) is 0.657. The Hall–Kier alpha value is -2.80. The number of aromatic hydroxyl groups is 1. The Morgan fingerprint density at radius 3 is 2.41 bits per heavy atom. The van der Waals surface area contributed by atoms with Gasteiger partial charge in [-0.3, -0.25) is 4.79 Å². The SMILES string of the molecule is CCS(=O)(=O)c1ccc(O)c(NC(=O)c2oc3c(C)ccc(C)c3c2C)c1. The number of rotatable bonds is 4. The van der Waals surface area contributed by atoms with E-state index in [0.717, 1.165) is 16.5 Å². The van der Waals surface area contributed by atoms with Gasteiger partial charge in [-0.1, -0.05) is 19.1 Å². The largest absolute Gasteiger partial charge is 0.506 e. The molecule has 0 saturated heterocycles. The molecule has 0 aliphatic rings. The number of hydrogen-bond donors (Lipinski definition) is 2. The second-order valence-electron chi connectivity index (χ2n) is 6.50. The summed E-state index contributed by atoms with van der Waals surface area (Å²) < 4.78 is 29.9. The Morgan fingerprint density at radius 2 is 1.78 bits per heavy atom. The third-order valence-electron chi connectivity index (χ3n) is 4.64. The van der Waals surface area contributed by atoms with Crippen molar-refractivity contribution >= 4 is 32.4 Å². The highest BCUT2D eigenvalue weighted by molar-refractivity contribution is 7.91. The summed E-state index contributed by atoms with van der Waals surface area (Å²) >= 11 is 0. The Labute approximate surface area is 157 Å². The maximum Gasteiger partial charge on any atom is 0.291 e. The number of benzene rings is 2. The van der Waals surface area contributed by atoms with Gasteiger partial charge in [-0.15, -0.1) is 0 Å². The van der Waals surface area contributed by atoms with Crippen LogP contribution in [0.3, 0.4) is 0 Å². The van der Waals surface area contributed by atoms with Crippen LogP contribution >= 0.6 is 0 Å². The number of anilines is 1. The molecule has 2 N–H and O–H groups in total. The molecule has 0 aliphatic carbocycles. The molecule has 0 saturated carbocycles. The van der Waals surface area contributed by atoms with Crippen LogP contribution in [0.15, 0.2) is 39.6 Å². The van der Waals surface area contributed by atoms with Crippen LogP contribution < -0.4 is 5.32 Å². The number of nitrogens with one attached hydrogen (secondary N) is 1. The van der Waals surface area contributed by atoms with Crippen LogP contribution in [0.1, 0.15) is 34.2 Å². The molecule has 0 fully saturated rings. The fraction of sp³-hybridized carbons (Fsp3) is 0.250. The minimum absolute atomic E-state index is 0.0165. The lowest BCUT2D eigenvalue weighted by Crippen LogP contribution is -2.13. The first-order valence-electron chi connectivity index (χ1n) is 8.52. The van der Waals surface area contributed by atoms with Crippen LogP contribution in [0.4, 0.5) is 5.69 Å². The maximum atomic E-state index is 12.7. The topological polar surface area (TPSA) is 96.6 Å². The molecule has 27 heavy (non-hydrogen) atoms. The normalized spacial score (nSPS) is 11.7. The van der Waals surface area contributed by atoms with Crippen molar-refractivity contribution in [2.24, 2.45) is 0 Å². The lowest BCUT2D eigenvalue weighted by Gasteiger charge is -2.09. The molecule has 7 heteroatoms. The van der Waals surface area contributed by atoms with Crippen LogP contribution in [0.5, 0.6) is 5.75 Å². The Morgan fingerprint density at radius 1 is 1.11 bits per heavy atom. The average Bonchev–Trinajstić information content (AvgIpc) is 2.98. The molecule has 3 rings (SSSR count). The van der Waals surface area contributed by atoms with Crippen LogP contribution in [-0.2, 0) is 9.84 Å². The summed E-state index contributed by atoms with van der Waals surface area (Å²) in [6.07, 6.45) is 0.